The molecule has 1 heterocycles. The first-order valence-electron chi connectivity index (χ1n) is 5.39. The molecule has 1 rings (SSSR count). The van der Waals surface area contributed by atoms with Crippen LogP contribution >= 0.6 is 0 Å². The molecule has 0 bridgehead atoms. The summed E-state index contributed by atoms with van der Waals surface area (Å²) >= 11 is 0. The van der Waals surface area contributed by atoms with Crippen molar-refractivity contribution >= 4 is 5.96 Å². The Morgan fingerprint density at radius 1 is 1.38 bits per heavy atom. The topological polar surface area (TPSA) is 49.3 Å². The Morgan fingerprint density at radius 2 is 2.06 bits per heavy atom. The van der Waals surface area contributed by atoms with E-state index in [4.69, 9.17) is 0 Å². The van der Waals surface area contributed by atoms with Gasteiger partial charge in [0.15, 0.2) is 5.96 Å². The largest absolute Gasteiger partial charge is 0.357 e. The number of nitrogens with one attached hydrogen (secondary N) is 2. The highest BCUT2D eigenvalue weighted by molar-refractivity contribution is 5.79. The fourth-order valence-corrected chi connectivity index (χ4v) is 1.20. The van der Waals surface area contributed by atoms with Gasteiger partial charge < -0.3 is 10.6 Å². The molecule has 2 N–H and O–H groups in total. The third-order valence-electron chi connectivity index (χ3n) is 1.91. The predicted octanol–water partition coefficient (Wildman–Crippen LogP) is 1.30. The van der Waals surface area contributed by atoms with Gasteiger partial charge in [0.1, 0.15) is 5.82 Å². The van der Waals surface area contributed by atoms with Crippen molar-refractivity contribution in [3.05, 3.63) is 29.8 Å². The van der Waals surface area contributed by atoms with Crippen molar-refractivity contribution in [2.24, 2.45) is 4.99 Å². The zero-order valence-corrected chi connectivity index (χ0v) is 9.63. The Bertz CT molecular complexity index is 344. The second kappa shape index (κ2) is 6.76. The average Bonchev–Trinajstić information content (AvgIpc) is 2.28. The van der Waals surface area contributed by atoms with Crippen molar-refractivity contribution in [3.63, 3.8) is 0 Å². The monoisotopic (exact) mass is 224 g/mol. The summed E-state index contributed by atoms with van der Waals surface area (Å²) in [6, 6.07) is 2.95. The molecule has 4 nitrogen and oxygen atoms in total. The van der Waals surface area contributed by atoms with Crippen molar-refractivity contribution in [3.8, 4) is 0 Å². The highest BCUT2D eigenvalue weighted by atomic mass is 19.1. The minimum absolute atomic E-state index is 0.238. The summed E-state index contributed by atoms with van der Waals surface area (Å²) in [5, 5.41) is 6.12. The maximum atomic E-state index is 13.2. The number of halogens is 1. The van der Waals surface area contributed by atoms with E-state index in [0.29, 0.717) is 11.7 Å². The standard InChI is InChI=1S/C11H17FN4/c1-3-13-11(14-4-2)16-8-10-9(12)6-5-7-15-10/h5-7H,3-4,8H2,1-2H3,(H2,13,14,16). The van der Waals surface area contributed by atoms with Crippen LogP contribution in [0.4, 0.5) is 4.39 Å². The SMILES string of the molecule is CCNC(=NCc1ncccc1F)NCC. The van der Waals surface area contributed by atoms with Gasteiger partial charge in [-0.05, 0) is 26.0 Å². The Hall–Kier alpha value is -1.65. The maximum Gasteiger partial charge on any atom is 0.191 e. The van der Waals surface area contributed by atoms with Gasteiger partial charge in [-0.1, -0.05) is 0 Å². The van der Waals surface area contributed by atoms with Gasteiger partial charge in [-0.2, -0.15) is 0 Å². The number of guanidine groups is 1. The van der Waals surface area contributed by atoms with Crippen LogP contribution in [-0.4, -0.2) is 24.0 Å². The van der Waals surface area contributed by atoms with Gasteiger partial charge in [0.25, 0.3) is 0 Å². The van der Waals surface area contributed by atoms with Crippen LogP contribution in [-0.2, 0) is 6.54 Å². The lowest BCUT2D eigenvalue weighted by Gasteiger charge is -2.08. The molecule has 0 amide bonds. The molecule has 0 aliphatic heterocycles. The molecule has 0 atom stereocenters. The lowest BCUT2D eigenvalue weighted by Crippen LogP contribution is -2.37. The molecule has 1 aromatic rings. The fourth-order valence-electron chi connectivity index (χ4n) is 1.20. The molecular weight excluding hydrogens is 207 g/mol. The first kappa shape index (κ1) is 12.4. The Morgan fingerprint density at radius 3 is 2.62 bits per heavy atom. The zero-order chi connectivity index (χ0) is 11.8. The Labute approximate surface area is 95.0 Å². The molecule has 16 heavy (non-hydrogen) atoms. The minimum atomic E-state index is -0.321. The van der Waals surface area contributed by atoms with E-state index < -0.39 is 0 Å². The van der Waals surface area contributed by atoms with Crippen LogP contribution in [0.25, 0.3) is 0 Å². The lowest BCUT2D eigenvalue weighted by molar-refractivity contribution is 0.599. The molecule has 5 heteroatoms. The van der Waals surface area contributed by atoms with Gasteiger partial charge in [-0.15, -0.1) is 0 Å². The number of hydrogen-bond acceptors (Lipinski definition) is 2. The quantitative estimate of drug-likeness (QED) is 0.598. The van der Waals surface area contributed by atoms with Crippen LogP contribution in [0.15, 0.2) is 23.3 Å². The van der Waals surface area contributed by atoms with Gasteiger partial charge in [0.2, 0.25) is 0 Å². The highest BCUT2D eigenvalue weighted by Gasteiger charge is 2.01. The third-order valence-corrected chi connectivity index (χ3v) is 1.91. The number of aromatic nitrogens is 1. The van der Waals surface area contributed by atoms with E-state index >= 15 is 0 Å². The molecule has 0 fully saturated rings. The Balaban J connectivity index is 2.65. The van der Waals surface area contributed by atoms with Crippen molar-refractivity contribution in [2.45, 2.75) is 20.4 Å². The number of nitrogens with zero attached hydrogens (tertiary/aromatic N) is 2. The van der Waals surface area contributed by atoms with Crippen LogP contribution in [0.2, 0.25) is 0 Å². The van der Waals surface area contributed by atoms with E-state index in [1.54, 1.807) is 12.3 Å². The van der Waals surface area contributed by atoms with E-state index in [2.05, 4.69) is 20.6 Å². The molecule has 0 spiro atoms. The normalized spacial score (nSPS) is 9.69. The van der Waals surface area contributed by atoms with E-state index in [9.17, 15) is 4.39 Å². The highest BCUT2D eigenvalue weighted by Crippen LogP contribution is 2.03. The molecule has 0 aliphatic rings. The van der Waals surface area contributed by atoms with E-state index in [-0.39, 0.29) is 12.4 Å². The molecular formula is C11H17FN4. The predicted molar refractivity (Wildman–Crippen MR) is 62.7 cm³/mol. The van der Waals surface area contributed by atoms with Crippen LogP contribution < -0.4 is 10.6 Å². The van der Waals surface area contributed by atoms with Crippen LogP contribution in [0.3, 0.4) is 0 Å². The number of aliphatic imine (C=N–C) groups is 1. The zero-order valence-electron chi connectivity index (χ0n) is 9.63. The molecule has 0 aromatic carbocycles. The van der Waals surface area contributed by atoms with Gasteiger partial charge >= 0.3 is 0 Å². The van der Waals surface area contributed by atoms with Crippen molar-refractivity contribution in [1.82, 2.24) is 15.6 Å². The van der Waals surface area contributed by atoms with Crippen LogP contribution in [0, 0.1) is 5.82 Å². The molecule has 0 radical (unpaired) electrons. The number of hydrogen-bond donors (Lipinski definition) is 2. The van der Waals surface area contributed by atoms with Crippen molar-refractivity contribution in [2.75, 3.05) is 13.1 Å². The van der Waals surface area contributed by atoms with E-state index in [0.717, 1.165) is 13.1 Å². The van der Waals surface area contributed by atoms with Crippen LogP contribution in [0.5, 0.6) is 0 Å². The smallest absolute Gasteiger partial charge is 0.191 e. The minimum Gasteiger partial charge on any atom is -0.357 e. The van der Waals surface area contributed by atoms with Crippen molar-refractivity contribution < 1.29 is 4.39 Å². The molecule has 0 unspecified atom stereocenters. The number of pyridine rings is 1. The van der Waals surface area contributed by atoms with Crippen molar-refractivity contribution in [1.29, 1.82) is 0 Å². The van der Waals surface area contributed by atoms with Gasteiger partial charge in [0.05, 0.1) is 12.2 Å². The fraction of sp³-hybridized carbons (Fsp3) is 0.455. The number of rotatable bonds is 4. The molecule has 88 valence electrons. The average molecular weight is 224 g/mol. The van der Waals surface area contributed by atoms with Gasteiger partial charge in [-0.25, -0.2) is 9.38 Å². The third kappa shape index (κ3) is 3.84. The van der Waals surface area contributed by atoms with Gasteiger partial charge in [0, 0.05) is 19.3 Å². The molecule has 1 aromatic heterocycles. The summed E-state index contributed by atoms with van der Waals surface area (Å²) in [5.74, 6) is 0.355. The second-order valence-electron chi connectivity index (χ2n) is 3.16. The molecule has 0 aliphatic carbocycles. The maximum absolute atomic E-state index is 13.2. The first-order chi connectivity index (χ1) is 7.77. The Kier molecular flexibility index (Phi) is 5.25. The lowest BCUT2D eigenvalue weighted by atomic mass is 10.3. The molecule has 0 saturated heterocycles. The second-order valence-corrected chi connectivity index (χ2v) is 3.16. The van der Waals surface area contributed by atoms with Gasteiger partial charge in [-0.3, -0.25) is 4.98 Å². The molecule has 0 saturated carbocycles. The summed E-state index contributed by atoms with van der Waals surface area (Å²) in [5.41, 5.74) is 0.357. The van der Waals surface area contributed by atoms with E-state index in [1.807, 2.05) is 13.8 Å². The summed E-state index contributed by atoms with van der Waals surface area (Å²) in [6.45, 7) is 5.75. The van der Waals surface area contributed by atoms with E-state index in [1.165, 1.54) is 6.07 Å². The summed E-state index contributed by atoms with van der Waals surface area (Å²) in [4.78, 5) is 8.16. The summed E-state index contributed by atoms with van der Waals surface area (Å²) < 4.78 is 13.2. The van der Waals surface area contributed by atoms with Crippen LogP contribution in [0.1, 0.15) is 19.5 Å². The summed E-state index contributed by atoms with van der Waals surface area (Å²) in [6.07, 6.45) is 1.56. The summed E-state index contributed by atoms with van der Waals surface area (Å²) in [7, 11) is 0. The first-order valence-corrected chi connectivity index (χ1v) is 5.39.